The Balaban J connectivity index is 2.24. The van der Waals surface area contributed by atoms with Gasteiger partial charge in [-0.05, 0) is 19.1 Å². The molecule has 0 bridgehead atoms. The van der Waals surface area contributed by atoms with Crippen LogP contribution in [0, 0.1) is 11.3 Å². The topological polar surface area (TPSA) is 69.4 Å². The lowest BCUT2D eigenvalue weighted by molar-refractivity contribution is -0.0423. The maximum absolute atomic E-state index is 9.16. The number of aromatic nitrogens is 1. The summed E-state index contributed by atoms with van der Waals surface area (Å²) in [5.74, 6) is 0.670. The lowest BCUT2D eigenvalue weighted by Gasteiger charge is -2.37. The molecule has 5 heteroatoms. The molecular formula is C12H15N3O2. The van der Waals surface area contributed by atoms with Gasteiger partial charge in [-0.15, -0.1) is 0 Å². The minimum absolute atomic E-state index is 0.0183. The monoisotopic (exact) mass is 233 g/mol. The molecule has 1 N–H and O–H groups in total. The summed E-state index contributed by atoms with van der Waals surface area (Å²) in [6.07, 6.45) is 1.48. The van der Waals surface area contributed by atoms with Gasteiger partial charge in [0.15, 0.2) is 0 Å². The number of rotatable bonds is 2. The molecule has 0 amide bonds. The fraction of sp³-hybridized carbons (Fsp3) is 0.500. The average Bonchev–Trinajstić information content (AvgIpc) is 2.37. The maximum atomic E-state index is 9.16. The van der Waals surface area contributed by atoms with Crippen LogP contribution in [0.25, 0.3) is 0 Å². The molecule has 1 aliphatic heterocycles. The SMILES string of the molecule is CC1CN(c2ncccc2C#N)CC(CO)O1. The number of hydrogen-bond acceptors (Lipinski definition) is 5. The highest BCUT2D eigenvalue weighted by Crippen LogP contribution is 2.21. The minimum Gasteiger partial charge on any atom is -0.394 e. The van der Waals surface area contributed by atoms with Gasteiger partial charge in [0.05, 0.1) is 24.4 Å². The number of pyridine rings is 1. The second kappa shape index (κ2) is 5.13. The Morgan fingerprint density at radius 2 is 2.47 bits per heavy atom. The zero-order valence-electron chi connectivity index (χ0n) is 9.71. The van der Waals surface area contributed by atoms with Crippen LogP contribution in [-0.2, 0) is 4.74 Å². The molecule has 17 heavy (non-hydrogen) atoms. The lowest BCUT2D eigenvalue weighted by atomic mass is 10.2. The highest BCUT2D eigenvalue weighted by atomic mass is 16.5. The normalized spacial score (nSPS) is 24.4. The van der Waals surface area contributed by atoms with Gasteiger partial charge in [0.2, 0.25) is 0 Å². The predicted octanol–water partition coefficient (Wildman–Crippen LogP) is 0.539. The van der Waals surface area contributed by atoms with E-state index < -0.39 is 0 Å². The van der Waals surface area contributed by atoms with Crippen molar-refractivity contribution in [3.8, 4) is 6.07 Å². The van der Waals surface area contributed by atoms with Gasteiger partial charge in [-0.25, -0.2) is 4.98 Å². The van der Waals surface area contributed by atoms with Crippen molar-refractivity contribution in [2.45, 2.75) is 19.1 Å². The first kappa shape index (κ1) is 11.8. The summed E-state index contributed by atoms with van der Waals surface area (Å²) in [7, 11) is 0. The van der Waals surface area contributed by atoms with E-state index in [-0.39, 0.29) is 18.8 Å². The van der Waals surface area contributed by atoms with E-state index in [1.807, 2.05) is 11.8 Å². The molecule has 2 atom stereocenters. The van der Waals surface area contributed by atoms with Gasteiger partial charge in [-0.1, -0.05) is 0 Å². The van der Waals surface area contributed by atoms with Crippen molar-refractivity contribution in [2.24, 2.45) is 0 Å². The van der Waals surface area contributed by atoms with E-state index in [4.69, 9.17) is 15.1 Å². The molecule has 1 fully saturated rings. The van der Waals surface area contributed by atoms with Crippen LogP contribution in [0.3, 0.4) is 0 Å². The fourth-order valence-electron chi connectivity index (χ4n) is 2.06. The van der Waals surface area contributed by atoms with Crippen molar-refractivity contribution in [3.63, 3.8) is 0 Å². The summed E-state index contributed by atoms with van der Waals surface area (Å²) in [4.78, 5) is 6.24. The Morgan fingerprint density at radius 1 is 1.65 bits per heavy atom. The maximum Gasteiger partial charge on any atom is 0.146 e. The summed E-state index contributed by atoms with van der Waals surface area (Å²) >= 11 is 0. The lowest BCUT2D eigenvalue weighted by Crippen LogP contribution is -2.48. The first-order valence-corrected chi connectivity index (χ1v) is 5.61. The van der Waals surface area contributed by atoms with Crippen molar-refractivity contribution in [2.75, 3.05) is 24.6 Å². The van der Waals surface area contributed by atoms with E-state index in [0.717, 1.165) is 0 Å². The summed E-state index contributed by atoms with van der Waals surface area (Å²) < 4.78 is 5.56. The number of nitrogens with zero attached hydrogens (tertiary/aromatic N) is 3. The Labute approximate surface area is 100 Å². The number of nitriles is 1. The number of aliphatic hydroxyl groups excluding tert-OH is 1. The van der Waals surface area contributed by atoms with Gasteiger partial charge in [-0.3, -0.25) is 0 Å². The molecule has 0 spiro atoms. The number of ether oxygens (including phenoxy) is 1. The summed E-state index contributed by atoms with van der Waals surface area (Å²) in [5.41, 5.74) is 0.554. The molecule has 0 aliphatic carbocycles. The molecule has 0 aromatic carbocycles. The summed E-state index contributed by atoms with van der Waals surface area (Å²) in [6.45, 7) is 3.17. The van der Waals surface area contributed by atoms with Gasteiger partial charge < -0.3 is 14.7 Å². The third-order valence-corrected chi connectivity index (χ3v) is 2.74. The number of aliphatic hydroxyl groups is 1. The van der Waals surface area contributed by atoms with Crippen LogP contribution < -0.4 is 4.90 Å². The van der Waals surface area contributed by atoms with Gasteiger partial charge >= 0.3 is 0 Å². The molecule has 1 aromatic rings. The second-order valence-corrected chi connectivity index (χ2v) is 4.14. The van der Waals surface area contributed by atoms with Crippen LogP contribution in [0.4, 0.5) is 5.82 Å². The van der Waals surface area contributed by atoms with Crippen molar-refractivity contribution in [3.05, 3.63) is 23.9 Å². The zero-order valence-corrected chi connectivity index (χ0v) is 9.71. The quantitative estimate of drug-likeness (QED) is 0.807. The van der Waals surface area contributed by atoms with Crippen molar-refractivity contribution < 1.29 is 9.84 Å². The predicted molar refractivity (Wildman–Crippen MR) is 62.6 cm³/mol. The van der Waals surface area contributed by atoms with Crippen LogP contribution >= 0.6 is 0 Å². The van der Waals surface area contributed by atoms with E-state index in [2.05, 4.69) is 11.1 Å². The Hall–Kier alpha value is -1.64. The summed E-state index contributed by atoms with van der Waals surface area (Å²) in [5, 5.41) is 18.2. The number of hydrogen-bond donors (Lipinski definition) is 1. The zero-order chi connectivity index (χ0) is 12.3. The van der Waals surface area contributed by atoms with Crippen molar-refractivity contribution in [1.82, 2.24) is 4.98 Å². The van der Waals surface area contributed by atoms with Crippen LogP contribution in [0.5, 0.6) is 0 Å². The van der Waals surface area contributed by atoms with Crippen molar-refractivity contribution in [1.29, 1.82) is 5.26 Å². The highest BCUT2D eigenvalue weighted by molar-refractivity contribution is 5.53. The van der Waals surface area contributed by atoms with E-state index in [0.29, 0.717) is 24.5 Å². The van der Waals surface area contributed by atoms with Crippen LogP contribution in [0.2, 0.25) is 0 Å². The van der Waals surface area contributed by atoms with E-state index in [1.165, 1.54) is 0 Å². The molecule has 2 heterocycles. The number of anilines is 1. The molecule has 1 saturated heterocycles. The largest absolute Gasteiger partial charge is 0.394 e. The minimum atomic E-state index is -0.215. The third kappa shape index (κ3) is 2.54. The molecule has 5 nitrogen and oxygen atoms in total. The average molecular weight is 233 g/mol. The smallest absolute Gasteiger partial charge is 0.146 e. The van der Waals surface area contributed by atoms with Gasteiger partial charge in [-0.2, -0.15) is 5.26 Å². The molecule has 0 radical (unpaired) electrons. The van der Waals surface area contributed by atoms with Gasteiger partial charge in [0.1, 0.15) is 11.9 Å². The number of morpholine rings is 1. The van der Waals surface area contributed by atoms with Crippen LogP contribution in [0.1, 0.15) is 12.5 Å². The van der Waals surface area contributed by atoms with E-state index in [1.54, 1.807) is 18.3 Å². The van der Waals surface area contributed by atoms with E-state index in [9.17, 15) is 0 Å². The Kier molecular flexibility index (Phi) is 3.57. The molecule has 90 valence electrons. The highest BCUT2D eigenvalue weighted by Gasteiger charge is 2.26. The van der Waals surface area contributed by atoms with E-state index >= 15 is 0 Å². The Morgan fingerprint density at radius 3 is 3.18 bits per heavy atom. The van der Waals surface area contributed by atoms with Gasteiger partial charge in [0, 0.05) is 19.3 Å². The van der Waals surface area contributed by atoms with Gasteiger partial charge in [0.25, 0.3) is 0 Å². The molecule has 2 rings (SSSR count). The molecule has 2 unspecified atom stereocenters. The Bertz CT molecular complexity index is 430. The first-order chi connectivity index (χ1) is 8.24. The standard InChI is InChI=1S/C12H15N3O2/c1-9-6-15(7-11(8-16)17-9)12-10(5-13)3-2-4-14-12/h2-4,9,11,16H,6-8H2,1H3. The molecule has 1 aliphatic rings. The summed E-state index contributed by atoms with van der Waals surface area (Å²) in [6, 6.07) is 5.62. The van der Waals surface area contributed by atoms with Crippen LogP contribution in [-0.4, -0.2) is 42.0 Å². The molecule has 1 aromatic heterocycles. The third-order valence-electron chi connectivity index (χ3n) is 2.74. The van der Waals surface area contributed by atoms with Crippen molar-refractivity contribution >= 4 is 5.82 Å². The molecular weight excluding hydrogens is 218 g/mol. The van der Waals surface area contributed by atoms with Crippen LogP contribution in [0.15, 0.2) is 18.3 Å². The first-order valence-electron chi connectivity index (χ1n) is 5.61. The second-order valence-electron chi connectivity index (χ2n) is 4.14. The molecule has 0 saturated carbocycles. The fourth-order valence-corrected chi connectivity index (χ4v) is 2.06.